The summed E-state index contributed by atoms with van der Waals surface area (Å²) >= 11 is 11.7. The second kappa shape index (κ2) is 7.30. The predicted octanol–water partition coefficient (Wildman–Crippen LogP) is 5.70. The third-order valence-corrected chi connectivity index (χ3v) is 5.40. The number of methoxy groups -OCH3 is 2. The van der Waals surface area contributed by atoms with Crippen LogP contribution in [0.2, 0.25) is 5.02 Å². The van der Waals surface area contributed by atoms with Gasteiger partial charge in [-0.15, -0.1) is 0 Å². The second-order valence-corrected chi connectivity index (χ2v) is 7.15. The van der Waals surface area contributed by atoms with Gasteiger partial charge >= 0.3 is 0 Å². The number of aromatic amines is 1. The summed E-state index contributed by atoms with van der Waals surface area (Å²) < 4.78 is 13.1. The zero-order valence-electron chi connectivity index (χ0n) is 15.6. The molecule has 0 spiro atoms. The number of aryl methyl sites for hydroxylation is 1. The van der Waals surface area contributed by atoms with Gasteiger partial charge in [0.25, 0.3) is 0 Å². The summed E-state index contributed by atoms with van der Waals surface area (Å²) in [4.78, 5) is 7.83. The van der Waals surface area contributed by atoms with E-state index in [1.165, 1.54) is 0 Å². The first-order valence-corrected chi connectivity index (χ1v) is 9.39. The average Bonchev–Trinajstić information content (AvgIpc) is 3.16. The van der Waals surface area contributed by atoms with E-state index in [1.807, 2.05) is 53.9 Å². The lowest BCUT2D eigenvalue weighted by atomic mass is 10.1. The SMILES string of the molecule is COc1ccc(-c2cn3c(=S)ncc(-c4ccc(C)c(Cl)c4)c3[nH]2)cc1OC. The third kappa shape index (κ3) is 3.15. The van der Waals surface area contributed by atoms with Crippen LogP contribution in [-0.2, 0) is 0 Å². The highest BCUT2D eigenvalue weighted by molar-refractivity contribution is 7.71. The van der Waals surface area contributed by atoms with Crippen LogP contribution >= 0.6 is 23.8 Å². The molecule has 0 bridgehead atoms. The molecule has 142 valence electrons. The number of fused-ring (bicyclic) bond motifs is 1. The van der Waals surface area contributed by atoms with Crippen molar-refractivity contribution in [2.24, 2.45) is 0 Å². The van der Waals surface area contributed by atoms with E-state index in [4.69, 9.17) is 33.3 Å². The summed E-state index contributed by atoms with van der Waals surface area (Å²) in [5.41, 5.74) is 5.60. The Labute approximate surface area is 172 Å². The maximum Gasteiger partial charge on any atom is 0.205 e. The third-order valence-electron chi connectivity index (χ3n) is 4.69. The Morgan fingerprint density at radius 2 is 1.79 bits per heavy atom. The number of nitrogens with zero attached hydrogens (tertiary/aromatic N) is 2. The van der Waals surface area contributed by atoms with Crippen molar-refractivity contribution in [1.82, 2.24) is 14.4 Å². The Morgan fingerprint density at radius 3 is 2.50 bits per heavy atom. The van der Waals surface area contributed by atoms with Crippen LogP contribution in [0.15, 0.2) is 48.8 Å². The minimum Gasteiger partial charge on any atom is -0.493 e. The van der Waals surface area contributed by atoms with Crippen LogP contribution in [0.5, 0.6) is 11.5 Å². The van der Waals surface area contributed by atoms with E-state index in [0.29, 0.717) is 21.3 Å². The number of imidazole rings is 1. The number of benzene rings is 2. The van der Waals surface area contributed by atoms with Crippen LogP contribution in [0, 0.1) is 11.7 Å². The number of nitrogens with one attached hydrogen (secondary N) is 1. The number of hydrogen-bond acceptors (Lipinski definition) is 4. The minimum absolute atomic E-state index is 0.472. The Hall–Kier alpha value is -2.83. The predicted molar refractivity (Wildman–Crippen MR) is 114 cm³/mol. The number of rotatable bonds is 4. The quantitative estimate of drug-likeness (QED) is 0.437. The highest BCUT2D eigenvalue weighted by atomic mass is 35.5. The molecule has 0 atom stereocenters. The van der Waals surface area contributed by atoms with Gasteiger partial charge < -0.3 is 14.5 Å². The van der Waals surface area contributed by atoms with Gasteiger partial charge in [-0.3, -0.25) is 4.40 Å². The fourth-order valence-corrected chi connectivity index (χ4v) is 3.50. The van der Waals surface area contributed by atoms with E-state index >= 15 is 0 Å². The zero-order chi connectivity index (χ0) is 19.8. The first-order valence-electron chi connectivity index (χ1n) is 8.61. The van der Waals surface area contributed by atoms with Gasteiger partial charge in [0.2, 0.25) is 4.77 Å². The molecule has 0 aliphatic carbocycles. The number of H-pyrrole nitrogens is 1. The van der Waals surface area contributed by atoms with Crippen molar-refractivity contribution in [3.63, 3.8) is 0 Å². The van der Waals surface area contributed by atoms with Gasteiger partial charge in [0, 0.05) is 28.5 Å². The normalized spacial score (nSPS) is 11.0. The van der Waals surface area contributed by atoms with Crippen molar-refractivity contribution in [3.05, 3.63) is 64.1 Å². The molecule has 7 heteroatoms. The van der Waals surface area contributed by atoms with Gasteiger partial charge in [-0.1, -0.05) is 23.7 Å². The highest BCUT2D eigenvalue weighted by Gasteiger charge is 2.13. The van der Waals surface area contributed by atoms with E-state index in [1.54, 1.807) is 20.4 Å². The number of hydrogen-bond donors (Lipinski definition) is 1. The van der Waals surface area contributed by atoms with Gasteiger partial charge in [0.15, 0.2) is 11.5 Å². The molecule has 0 unspecified atom stereocenters. The fourth-order valence-electron chi connectivity index (χ4n) is 3.13. The molecule has 5 nitrogen and oxygen atoms in total. The van der Waals surface area contributed by atoms with E-state index in [9.17, 15) is 0 Å². The van der Waals surface area contributed by atoms with Crippen molar-refractivity contribution in [2.75, 3.05) is 14.2 Å². The van der Waals surface area contributed by atoms with Crippen LogP contribution in [-0.4, -0.2) is 28.6 Å². The van der Waals surface area contributed by atoms with Gasteiger partial charge in [0.05, 0.1) is 19.9 Å². The second-order valence-electron chi connectivity index (χ2n) is 6.37. The molecule has 4 aromatic rings. The van der Waals surface area contributed by atoms with E-state index < -0.39 is 0 Å². The summed E-state index contributed by atoms with van der Waals surface area (Å²) in [6.07, 6.45) is 3.71. The van der Waals surface area contributed by atoms with Crippen molar-refractivity contribution in [1.29, 1.82) is 0 Å². The minimum atomic E-state index is 0.472. The van der Waals surface area contributed by atoms with Crippen molar-refractivity contribution >= 4 is 29.5 Å². The maximum absolute atomic E-state index is 6.33. The van der Waals surface area contributed by atoms with Gasteiger partial charge in [-0.25, -0.2) is 4.98 Å². The smallest absolute Gasteiger partial charge is 0.205 e. The molecule has 0 fully saturated rings. The standard InChI is InChI=1S/C21H18ClN3O2S/c1-12-4-5-13(8-16(12)22)15-10-23-21(28)25-11-17(24-20(15)25)14-6-7-18(26-2)19(9-14)27-3/h4-11,24H,1-3H3. The number of ether oxygens (including phenoxy) is 2. The molecule has 0 saturated carbocycles. The summed E-state index contributed by atoms with van der Waals surface area (Å²) in [6, 6.07) is 11.7. The highest BCUT2D eigenvalue weighted by Crippen LogP contribution is 2.33. The fraction of sp³-hybridized carbons (Fsp3) is 0.143. The van der Waals surface area contributed by atoms with E-state index in [0.717, 1.165) is 33.6 Å². The largest absolute Gasteiger partial charge is 0.493 e. The number of halogens is 1. The molecule has 2 heterocycles. The molecule has 2 aromatic carbocycles. The molecule has 1 N–H and O–H groups in total. The maximum atomic E-state index is 6.33. The molecule has 0 radical (unpaired) electrons. The molecule has 0 amide bonds. The number of aromatic nitrogens is 3. The van der Waals surface area contributed by atoms with Crippen LogP contribution in [0.3, 0.4) is 0 Å². The lowest BCUT2D eigenvalue weighted by Gasteiger charge is -2.08. The van der Waals surface area contributed by atoms with Crippen molar-refractivity contribution in [2.45, 2.75) is 6.92 Å². The molecule has 2 aromatic heterocycles. The summed E-state index contributed by atoms with van der Waals surface area (Å²) in [5.74, 6) is 1.33. The van der Waals surface area contributed by atoms with Crippen LogP contribution < -0.4 is 9.47 Å². The lowest BCUT2D eigenvalue weighted by Crippen LogP contribution is -1.93. The van der Waals surface area contributed by atoms with Crippen LogP contribution in [0.1, 0.15) is 5.56 Å². The zero-order valence-corrected chi connectivity index (χ0v) is 17.2. The Kier molecular flexibility index (Phi) is 4.83. The molecule has 0 aliphatic rings. The van der Waals surface area contributed by atoms with Gasteiger partial charge in [-0.05, 0) is 54.5 Å². The Bertz CT molecular complexity index is 1250. The topological polar surface area (TPSA) is 51.5 Å². The first-order chi connectivity index (χ1) is 13.5. The van der Waals surface area contributed by atoms with Gasteiger partial charge in [-0.2, -0.15) is 0 Å². The van der Waals surface area contributed by atoms with E-state index in [-0.39, 0.29) is 0 Å². The molecular formula is C21H18ClN3O2S. The van der Waals surface area contributed by atoms with Gasteiger partial charge in [0.1, 0.15) is 5.65 Å². The molecule has 28 heavy (non-hydrogen) atoms. The van der Waals surface area contributed by atoms with Crippen LogP contribution in [0.25, 0.3) is 28.0 Å². The Morgan fingerprint density at radius 1 is 1.04 bits per heavy atom. The monoisotopic (exact) mass is 411 g/mol. The molecule has 0 aliphatic heterocycles. The summed E-state index contributed by atoms with van der Waals surface area (Å²) in [7, 11) is 3.23. The summed E-state index contributed by atoms with van der Waals surface area (Å²) in [6.45, 7) is 1.98. The molecule has 0 saturated heterocycles. The average molecular weight is 412 g/mol. The van der Waals surface area contributed by atoms with Crippen molar-refractivity contribution in [3.8, 4) is 33.9 Å². The summed E-state index contributed by atoms with van der Waals surface area (Å²) in [5, 5.41) is 0.713. The first kappa shape index (κ1) is 18.5. The molecule has 4 rings (SSSR count). The Balaban J connectivity index is 1.91. The van der Waals surface area contributed by atoms with E-state index in [2.05, 4.69) is 9.97 Å². The molecular weight excluding hydrogens is 394 g/mol. The lowest BCUT2D eigenvalue weighted by molar-refractivity contribution is 0.355. The van der Waals surface area contributed by atoms with Crippen LogP contribution in [0.4, 0.5) is 0 Å². The van der Waals surface area contributed by atoms with Crippen molar-refractivity contribution < 1.29 is 9.47 Å².